The molecule has 11 heteroatoms. The molecule has 0 aromatic carbocycles. The molecule has 4 aliphatic heterocycles. The van der Waals surface area contributed by atoms with Gasteiger partial charge in [-0.05, 0) is 51.4 Å². The summed E-state index contributed by atoms with van der Waals surface area (Å²) in [4.78, 5) is 0. The van der Waals surface area contributed by atoms with Gasteiger partial charge in [-0.25, -0.2) is 0 Å². The van der Waals surface area contributed by atoms with Crippen molar-refractivity contribution in [3.8, 4) is 0 Å². The van der Waals surface area contributed by atoms with Gasteiger partial charge in [-0.2, -0.15) is 0 Å². The summed E-state index contributed by atoms with van der Waals surface area (Å²) in [5, 5.41) is 0. The van der Waals surface area contributed by atoms with Crippen molar-refractivity contribution in [2.75, 3.05) is 38.5 Å². The first-order valence-corrected chi connectivity index (χ1v) is 26.2. The summed E-state index contributed by atoms with van der Waals surface area (Å²) in [7, 11) is -8.82. The number of hydrogen-bond donors (Lipinski definition) is 0. The first-order valence-electron chi connectivity index (χ1n) is 21.0. The highest BCUT2D eigenvalue weighted by molar-refractivity contribution is 7.79. The molecule has 6 atom stereocenters. The van der Waals surface area contributed by atoms with Crippen molar-refractivity contribution in [1.29, 1.82) is 0 Å². The molecule has 0 saturated carbocycles. The first-order chi connectivity index (χ1) is 23.4. The molecule has 0 radical (unpaired) electrons. The van der Waals surface area contributed by atoms with Crippen LogP contribution in [0.1, 0.15) is 195 Å². The largest absolute Gasteiger partial charge is 0.759 e. The molecule has 0 bridgehead atoms. The van der Waals surface area contributed by atoms with Crippen LogP contribution in [0, 0.1) is 0 Å². The Bertz CT molecular complexity index is 1030. The number of hydrogen-bond acceptors (Lipinski definition) is 6. The Morgan fingerprint density at radius 1 is 0.490 bits per heavy atom. The van der Waals surface area contributed by atoms with Gasteiger partial charge in [-0.1, -0.05) is 130 Å². The molecular formula is C38H78N2O6P2S. The minimum Gasteiger partial charge on any atom is -0.759 e. The molecule has 4 fully saturated rings. The summed E-state index contributed by atoms with van der Waals surface area (Å²) >= 11 is 0. The predicted molar refractivity (Wildman–Crippen MR) is 206 cm³/mol. The Labute approximate surface area is 303 Å². The fourth-order valence-electron chi connectivity index (χ4n) is 9.67. The van der Waals surface area contributed by atoms with Gasteiger partial charge in [-0.3, -0.25) is 26.1 Å². The third kappa shape index (κ3) is 13.9. The van der Waals surface area contributed by atoms with Crippen molar-refractivity contribution in [2.24, 2.45) is 0 Å². The molecule has 0 spiro atoms. The van der Waals surface area contributed by atoms with E-state index in [1.54, 1.807) is 0 Å². The van der Waals surface area contributed by atoms with Crippen LogP contribution in [0.2, 0.25) is 0 Å². The van der Waals surface area contributed by atoms with E-state index >= 15 is 0 Å². The fourth-order valence-corrected chi connectivity index (χ4v) is 18.4. The van der Waals surface area contributed by atoms with Crippen molar-refractivity contribution < 1.29 is 35.2 Å². The molecule has 4 saturated heterocycles. The van der Waals surface area contributed by atoms with E-state index in [9.17, 15) is 9.13 Å². The van der Waals surface area contributed by atoms with E-state index in [-0.39, 0.29) is 0 Å². The average Bonchev–Trinajstić information content (AvgIpc) is 3.85. The predicted octanol–water partition coefficient (Wildman–Crippen LogP) is 11.8. The van der Waals surface area contributed by atoms with Crippen LogP contribution in [0.4, 0.5) is 0 Å². The zero-order chi connectivity index (χ0) is 36.3. The van der Waals surface area contributed by atoms with E-state index in [1.807, 2.05) is 0 Å². The standard InChI is InChI=1S/2C19H39NOP.H2O4S/c2*1-3-5-6-7-8-9-10-11-12-14-17-20-18-15-13-16-19(20)22(20,21)4-2;1-5(2,3)4/h2*19H,3-18H2,1-2H3;(H2,1,2,3,4)/q2*+1;/p-2. The lowest BCUT2D eigenvalue weighted by atomic mass is 10.1. The summed E-state index contributed by atoms with van der Waals surface area (Å²) in [5.74, 6) is 1.18. The second-order valence-corrected chi connectivity index (χ2v) is 23.6. The topological polar surface area (TPSA) is 114 Å². The molecule has 0 aliphatic carbocycles. The van der Waals surface area contributed by atoms with Crippen LogP contribution in [0.15, 0.2) is 0 Å². The second kappa shape index (κ2) is 23.1. The molecule has 0 amide bonds. The number of unbranched alkanes of at least 4 members (excludes halogenated alkanes) is 18. The van der Waals surface area contributed by atoms with Crippen molar-refractivity contribution >= 4 is 25.0 Å². The normalized spacial score (nSPS) is 31.4. The third-order valence-corrected chi connectivity index (χ3v) is 21.2. The maximum Gasteiger partial charge on any atom is 0.303 e. The molecule has 4 heterocycles. The lowest BCUT2D eigenvalue weighted by Gasteiger charge is -2.23. The minimum absolute atomic E-state index is 0.588. The third-order valence-electron chi connectivity index (χ3n) is 12.5. The van der Waals surface area contributed by atoms with Gasteiger partial charge in [0.15, 0.2) is 11.6 Å². The van der Waals surface area contributed by atoms with E-state index in [0.717, 1.165) is 20.8 Å². The zero-order valence-electron chi connectivity index (χ0n) is 32.4. The summed E-state index contributed by atoms with van der Waals surface area (Å²) < 4.78 is 62.3. The maximum absolute atomic E-state index is 13.0. The highest BCUT2D eigenvalue weighted by atomic mass is 32.3. The van der Waals surface area contributed by atoms with E-state index in [2.05, 4.69) is 27.7 Å². The van der Waals surface area contributed by atoms with Crippen LogP contribution in [0.25, 0.3) is 0 Å². The SMILES string of the molecule is CCCCCCCCCCCC[N+]12CCCCC1P2(=O)CC.CCCCCCCCCCCC[N+]12CCCCC1P2(=O)CC.O=S(=O)([O-])[O-]. The lowest BCUT2D eigenvalue weighted by molar-refractivity contribution is -0.762. The van der Waals surface area contributed by atoms with Gasteiger partial charge in [-0.15, -0.1) is 0 Å². The van der Waals surface area contributed by atoms with Crippen LogP contribution >= 0.6 is 14.6 Å². The molecule has 8 nitrogen and oxygen atoms in total. The van der Waals surface area contributed by atoms with Crippen LogP contribution in [0.3, 0.4) is 0 Å². The van der Waals surface area contributed by atoms with Gasteiger partial charge >= 0.3 is 14.6 Å². The number of piperidine rings is 2. The van der Waals surface area contributed by atoms with Crippen LogP contribution in [0.5, 0.6) is 0 Å². The smallest absolute Gasteiger partial charge is 0.303 e. The lowest BCUT2D eigenvalue weighted by Crippen LogP contribution is -2.33. The highest BCUT2D eigenvalue weighted by Gasteiger charge is 2.76. The second-order valence-electron chi connectivity index (χ2n) is 15.7. The average molecular weight is 753 g/mol. The van der Waals surface area contributed by atoms with E-state index in [1.165, 1.54) is 193 Å². The van der Waals surface area contributed by atoms with Crippen molar-refractivity contribution in [3.05, 3.63) is 0 Å². The molecular weight excluding hydrogens is 674 g/mol. The summed E-state index contributed by atoms with van der Waals surface area (Å²) in [6, 6.07) is 0. The summed E-state index contributed by atoms with van der Waals surface area (Å²) in [6.45, 7) is 13.8. The Morgan fingerprint density at radius 3 is 1.02 bits per heavy atom. The molecule has 6 unspecified atom stereocenters. The number of quaternary nitrogens is 2. The van der Waals surface area contributed by atoms with Gasteiger partial charge in [0.25, 0.3) is 0 Å². The summed E-state index contributed by atoms with van der Waals surface area (Å²) in [5.41, 5.74) is 0. The van der Waals surface area contributed by atoms with Gasteiger partial charge in [0.1, 0.15) is 0 Å². The fraction of sp³-hybridized carbons (Fsp3) is 1.00. The molecule has 0 aromatic heterocycles. The van der Waals surface area contributed by atoms with Gasteiger partial charge in [0.2, 0.25) is 0 Å². The Hall–Kier alpha value is 0.250. The minimum atomic E-state index is -5.17. The molecule has 4 rings (SSSR count). The molecule has 49 heavy (non-hydrogen) atoms. The summed E-state index contributed by atoms with van der Waals surface area (Å²) in [6.07, 6.45) is 37.7. The number of rotatable bonds is 24. The Balaban J connectivity index is 0.000000299. The molecule has 0 N–H and O–H groups in total. The van der Waals surface area contributed by atoms with Crippen LogP contribution in [-0.4, -0.2) is 76.1 Å². The molecule has 4 aliphatic rings. The van der Waals surface area contributed by atoms with Gasteiger partial charge < -0.3 is 9.11 Å². The van der Waals surface area contributed by atoms with Crippen molar-refractivity contribution in [2.45, 2.75) is 206 Å². The highest BCUT2D eigenvalue weighted by Crippen LogP contribution is 2.82. The van der Waals surface area contributed by atoms with Crippen molar-refractivity contribution in [3.63, 3.8) is 0 Å². The molecule has 292 valence electrons. The van der Waals surface area contributed by atoms with Crippen LogP contribution < -0.4 is 0 Å². The van der Waals surface area contributed by atoms with Crippen molar-refractivity contribution in [1.82, 2.24) is 0 Å². The monoisotopic (exact) mass is 753 g/mol. The van der Waals surface area contributed by atoms with Crippen LogP contribution in [-0.2, 0) is 19.5 Å². The zero-order valence-corrected chi connectivity index (χ0v) is 35.0. The van der Waals surface area contributed by atoms with E-state index in [4.69, 9.17) is 17.5 Å². The maximum atomic E-state index is 13.0. The molecule has 0 aromatic rings. The van der Waals surface area contributed by atoms with E-state index in [0.29, 0.717) is 11.6 Å². The Kier molecular flexibility index (Phi) is 21.4. The first kappa shape index (κ1) is 45.4. The van der Waals surface area contributed by atoms with Gasteiger partial charge in [0.05, 0.1) is 38.5 Å². The number of fused-ring (bicyclic) bond motifs is 2. The Morgan fingerprint density at radius 2 is 0.755 bits per heavy atom. The van der Waals surface area contributed by atoms with E-state index < -0.39 is 25.0 Å². The number of nitrogens with zero attached hydrogens (tertiary/aromatic N) is 2. The van der Waals surface area contributed by atoms with Gasteiger partial charge in [0, 0.05) is 23.2 Å². The quantitative estimate of drug-likeness (QED) is 0.0319.